The fraction of sp³-hybridized carbons (Fsp3) is 0.143. The second-order valence-corrected chi connectivity index (χ2v) is 5.21. The molecule has 4 nitrogen and oxygen atoms in total. The summed E-state index contributed by atoms with van der Waals surface area (Å²) in [7, 11) is 0. The van der Waals surface area contributed by atoms with Crippen LogP contribution in [-0.2, 0) is 0 Å². The van der Waals surface area contributed by atoms with Gasteiger partial charge in [-0.3, -0.25) is 5.84 Å². The van der Waals surface area contributed by atoms with Gasteiger partial charge >= 0.3 is 0 Å². The van der Waals surface area contributed by atoms with Crippen LogP contribution < -0.4 is 11.3 Å². The van der Waals surface area contributed by atoms with Crippen LogP contribution in [0.4, 0.5) is 0 Å². The number of nitrogens with zero attached hydrogens (tertiary/aromatic N) is 2. The zero-order valence-corrected chi connectivity index (χ0v) is 11.3. The Bertz CT molecular complexity index is 707. The second kappa shape index (κ2) is 5.05. The van der Waals surface area contributed by atoms with Gasteiger partial charge in [0.05, 0.1) is 16.6 Å². The van der Waals surface area contributed by atoms with Crippen LogP contribution >= 0.6 is 11.5 Å². The summed E-state index contributed by atoms with van der Waals surface area (Å²) in [6.07, 6.45) is 0. The number of hydrogen-bond acceptors (Lipinski definition) is 5. The summed E-state index contributed by atoms with van der Waals surface area (Å²) in [5.74, 6) is 5.71. The third-order valence-corrected chi connectivity index (χ3v) is 4.11. The SMILES string of the molecule is Cc1nnsc1C(NN)c1ccc2ccccc2c1. The molecular weight excluding hydrogens is 256 g/mol. The summed E-state index contributed by atoms with van der Waals surface area (Å²) in [5.41, 5.74) is 4.90. The quantitative estimate of drug-likeness (QED) is 0.567. The van der Waals surface area contributed by atoms with Crippen molar-refractivity contribution in [2.45, 2.75) is 13.0 Å². The van der Waals surface area contributed by atoms with Crippen molar-refractivity contribution in [3.63, 3.8) is 0 Å². The normalized spacial score (nSPS) is 12.7. The van der Waals surface area contributed by atoms with E-state index in [1.165, 1.54) is 22.3 Å². The first-order chi connectivity index (χ1) is 9.29. The zero-order chi connectivity index (χ0) is 13.2. The molecule has 96 valence electrons. The van der Waals surface area contributed by atoms with E-state index in [0.717, 1.165) is 16.1 Å². The molecule has 1 atom stereocenters. The Kier molecular flexibility index (Phi) is 3.25. The molecule has 1 unspecified atom stereocenters. The van der Waals surface area contributed by atoms with Gasteiger partial charge < -0.3 is 0 Å². The van der Waals surface area contributed by atoms with E-state index in [-0.39, 0.29) is 6.04 Å². The molecular formula is C14H14N4S. The van der Waals surface area contributed by atoms with Gasteiger partial charge in [0.1, 0.15) is 0 Å². The molecule has 0 aliphatic carbocycles. The first-order valence-electron chi connectivity index (χ1n) is 6.03. The number of aryl methyl sites for hydroxylation is 1. The smallest absolute Gasteiger partial charge is 0.0837 e. The molecule has 0 spiro atoms. The summed E-state index contributed by atoms with van der Waals surface area (Å²) >= 11 is 1.38. The number of aromatic nitrogens is 2. The van der Waals surface area contributed by atoms with Gasteiger partial charge in [0.2, 0.25) is 0 Å². The molecule has 1 heterocycles. The standard InChI is InChI=1S/C14H14N4S/c1-9-14(19-18-17-9)13(16-15)12-7-6-10-4-2-3-5-11(10)8-12/h2-8,13,16H,15H2,1H3. The molecule has 0 amide bonds. The van der Waals surface area contributed by atoms with Gasteiger partial charge in [-0.1, -0.05) is 40.9 Å². The van der Waals surface area contributed by atoms with Crippen LogP contribution in [0.25, 0.3) is 10.8 Å². The topological polar surface area (TPSA) is 63.8 Å². The molecule has 0 fully saturated rings. The molecule has 5 heteroatoms. The third-order valence-electron chi connectivity index (χ3n) is 3.22. The van der Waals surface area contributed by atoms with Crippen LogP contribution in [0, 0.1) is 6.92 Å². The highest BCUT2D eigenvalue weighted by molar-refractivity contribution is 7.05. The van der Waals surface area contributed by atoms with Crippen molar-refractivity contribution in [3.05, 3.63) is 58.6 Å². The largest absolute Gasteiger partial charge is 0.271 e. The summed E-state index contributed by atoms with van der Waals surface area (Å²) in [6, 6.07) is 14.6. The Labute approximate surface area is 115 Å². The Morgan fingerprint density at radius 2 is 1.95 bits per heavy atom. The summed E-state index contributed by atoms with van der Waals surface area (Å²) in [6.45, 7) is 1.95. The number of nitrogens with two attached hydrogens (primary N) is 1. The second-order valence-electron chi connectivity index (χ2n) is 4.43. The molecule has 0 radical (unpaired) electrons. The van der Waals surface area contributed by atoms with Crippen LogP contribution in [0.5, 0.6) is 0 Å². The Balaban J connectivity index is 2.09. The zero-order valence-electron chi connectivity index (χ0n) is 10.5. The molecule has 3 rings (SSSR count). The molecule has 1 aromatic heterocycles. The minimum atomic E-state index is -0.0652. The minimum absolute atomic E-state index is 0.0652. The lowest BCUT2D eigenvalue weighted by molar-refractivity contribution is 0.642. The number of hydrogen-bond donors (Lipinski definition) is 2. The van der Waals surface area contributed by atoms with Gasteiger partial charge in [-0.05, 0) is 40.9 Å². The van der Waals surface area contributed by atoms with Crippen LogP contribution in [0.1, 0.15) is 22.2 Å². The molecule has 2 aromatic carbocycles. The first kappa shape index (κ1) is 12.2. The highest BCUT2D eigenvalue weighted by Crippen LogP contribution is 2.28. The van der Waals surface area contributed by atoms with Gasteiger partial charge in [-0.15, -0.1) is 5.10 Å². The van der Waals surface area contributed by atoms with Gasteiger partial charge in [-0.25, -0.2) is 5.43 Å². The van der Waals surface area contributed by atoms with Crippen LogP contribution in [0.2, 0.25) is 0 Å². The van der Waals surface area contributed by atoms with Crippen molar-refractivity contribution in [1.82, 2.24) is 15.0 Å². The fourth-order valence-electron chi connectivity index (χ4n) is 2.21. The first-order valence-corrected chi connectivity index (χ1v) is 6.80. The predicted octanol–water partition coefficient (Wildman–Crippen LogP) is 2.55. The maximum atomic E-state index is 5.71. The molecule has 3 aromatic rings. The summed E-state index contributed by atoms with van der Waals surface area (Å²) in [5, 5.41) is 6.47. The maximum absolute atomic E-state index is 5.71. The van der Waals surface area contributed by atoms with Crippen molar-refractivity contribution >= 4 is 22.3 Å². The van der Waals surface area contributed by atoms with E-state index >= 15 is 0 Å². The van der Waals surface area contributed by atoms with E-state index in [4.69, 9.17) is 5.84 Å². The minimum Gasteiger partial charge on any atom is -0.271 e. The Morgan fingerprint density at radius 3 is 2.63 bits per heavy atom. The molecule has 19 heavy (non-hydrogen) atoms. The number of fused-ring (bicyclic) bond motifs is 1. The van der Waals surface area contributed by atoms with Gasteiger partial charge in [0.25, 0.3) is 0 Å². The van der Waals surface area contributed by atoms with E-state index < -0.39 is 0 Å². The van der Waals surface area contributed by atoms with E-state index in [0.29, 0.717) is 0 Å². The van der Waals surface area contributed by atoms with Crippen LogP contribution in [0.15, 0.2) is 42.5 Å². The average Bonchev–Trinajstić information content (AvgIpc) is 2.86. The number of nitrogens with one attached hydrogen (secondary N) is 1. The molecule has 0 saturated heterocycles. The lowest BCUT2D eigenvalue weighted by Crippen LogP contribution is -2.28. The average molecular weight is 270 g/mol. The van der Waals surface area contributed by atoms with Crippen LogP contribution in [0.3, 0.4) is 0 Å². The number of benzene rings is 2. The molecule has 0 aliphatic heterocycles. The predicted molar refractivity (Wildman–Crippen MR) is 77.8 cm³/mol. The van der Waals surface area contributed by atoms with Gasteiger partial charge in [0.15, 0.2) is 0 Å². The number of rotatable bonds is 3. The van der Waals surface area contributed by atoms with Crippen molar-refractivity contribution in [2.24, 2.45) is 5.84 Å². The highest BCUT2D eigenvalue weighted by atomic mass is 32.1. The van der Waals surface area contributed by atoms with Gasteiger partial charge in [0, 0.05) is 0 Å². The highest BCUT2D eigenvalue weighted by Gasteiger charge is 2.18. The van der Waals surface area contributed by atoms with Crippen LogP contribution in [-0.4, -0.2) is 9.59 Å². The maximum Gasteiger partial charge on any atom is 0.0837 e. The molecule has 0 bridgehead atoms. The van der Waals surface area contributed by atoms with Crippen molar-refractivity contribution in [1.29, 1.82) is 0 Å². The lowest BCUT2D eigenvalue weighted by atomic mass is 10.0. The molecule has 0 aliphatic rings. The molecule has 3 N–H and O–H groups in total. The van der Waals surface area contributed by atoms with Crippen molar-refractivity contribution in [3.8, 4) is 0 Å². The van der Waals surface area contributed by atoms with Gasteiger partial charge in [-0.2, -0.15) is 0 Å². The van der Waals surface area contributed by atoms with E-state index in [2.05, 4.69) is 45.3 Å². The fourth-order valence-corrected chi connectivity index (χ4v) is 2.95. The Morgan fingerprint density at radius 1 is 1.16 bits per heavy atom. The van der Waals surface area contributed by atoms with E-state index in [1.54, 1.807) is 0 Å². The van der Waals surface area contributed by atoms with Crippen molar-refractivity contribution < 1.29 is 0 Å². The summed E-state index contributed by atoms with van der Waals surface area (Å²) < 4.78 is 3.97. The number of hydrazine groups is 1. The lowest BCUT2D eigenvalue weighted by Gasteiger charge is -2.15. The summed E-state index contributed by atoms with van der Waals surface area (Å²) in [4.78, 5) is 1.05. The molecule has 0 saturated carbocycles. The van der Waals surface area contributed by atoms with E-state index in [9.17, 15) is 0 Å². The van der Waals surface area contributed by atoms with Crippen molar-refractivity contribution in [2.75, 3.05) is 0 Å². The third kappa shape index (κ3) is 2.23. The Hall–Kier alpha value is -1.82. The monoisotopic (exact) mass is 270 g/mol. The van der Waals surface area contributed by atoms with E-state index in [1.807, 2.05) is 19.1 Å².